The Labute approximate surface area is 304 Å². The van der Waals surface area contributed by atoms with Crippen LogP contribution in [0.4, 0.5) is 0 Å². The number of rotatable bonds is 9. The van der Waals surface area contributed by atoms with Crippen LogP contribution in [0.2, 0.25) is 0 Å². The van der Waals surface area contributed by atoms with Crippen molar-refractivity contribution in [2.45, 2.75) is 84.6 Å². The molecule has 0 N–H and O–H groups in total. The van der Waals surface area contributed by atoms with Gasteiger partial charge >= 0.3 is 13.1 Å². The second-order valence-corrected chi connectivity index (χ2v) is 16.5. The molecule has 5 rings (SSSR count). The van der Waals surface area contributed by atoms with E-state index in [1.54, 1.807) is 18.2 Å². The first-order valence-corrected chi connectivity index (χ1v) is 18.7. The van der Waals surface area contributed by atoms with Gasteiger partial charge in [0.15, 0.2) is 21.4 Å². The quantitative estimate of drug-likeness (QED) is 0.132. The van der Waals surface area contributed by atoms with Gasteiger partial charge in [-0.05, 0) is 120 Å². The molecule has 3 aromatic carbocycles. The number of esters is 1. The standard InChI is InChI=1S/C23H24BrNO2.C15H21BO6S/c1-15-11-16(2)21(17(3)12-15)14-25(13-19-6-8-20(24)9-7-19)23(26)22-10-5-18(4)27-22;1-14(2)15(3,4)22-16(21-14)11-7-6-8-12(9-11)23(18,19)10-13(17)20-5/h5-12H,13-14H2,1-4H3;6-9H,10H2,1-5H3. The van der Waals surface area contributed by atoms with E-state index in [1.165, 1.54) is 34.4 Å². The summed E-state index contributed by atoms with van der Waals surface area (Å²) in [6, 6.07) is 22.2. The van der Waals surface area contributed by atoms with Crippen molar-refractivity contribution >= 4 is 50.2 Å². The van der Waals surface area contributed by atoms with Crippen LogP contribution < -0.4 is 5.46 Å². The Hall–Kier alpha value is -3.71. The van der Waals surface area contributed by atoms with Crippen LogP contribution in [-0.4, -0.2) is 56.4 Å². The van der Waals surface area contributed by atoms with Gasteiger partial charge in [-0.15, -0.1) is 0 Å². The summed E-state index contributed by atoms with van der Waals surface area (Å²) >= 11 is 3.46. The summed E-state index contributed by atoms with van der Waals surface area (Å²) < 4.78 is 47.4. The maximum Gasteiger partial charge on any atom is 0.494 e. The van der Waals surface area contributed by atoms with E-state index in [4.69, 9.17) is 13.7 Å². The molecule has 266 valence electrons. The predicted molar refractivity (Wildman–Crippen MR) is 198 cm³/mol. The highest BCUT2D eigenvalue weighted by Gasteiger charge is 2.51. The molecule has 0 saturated carbocycles. The van der Waals surface area contributed by atoms with Crippen LogP contribution in [0, 0.1) is 27.7 Å². The maximum absolute atomic E-state index is 13.1. The smallest absolute Gasteiger partial charge is 0.468 e. The van der Waals surface area contributed by atoms with Crippen molar-refractivity contribution in [1.29, 1.82) is 0 Å². The van der Waals surface area contributed by atoms with Crippen molar-refractivity contribution in [3.05, 3.63) is 117 Å². The maximum atomic E-state index is 13.1. The molecule has 0 spiro atoms. The molecule has 1 aliphatic rings. The summed E-state index contributed by atoms with van der Waals surface area (Å²) in [4.78, 5) is 26.3. The van der Waals surface area contributed by atoms with Crippen LogP contribution in [-0.2, 0) is 41.8 Å². The van der Waals surface area contributed by atoms with E-state index in [1.807, 2.05) is 69.9 Å². The molecule has 1 saturated heterocycles. The second-order valence-electron chi connectivity index (χ2n) is 13.6. The molecule has 0 unspecified atom stereocenters. The Bertz CT molecular complexity index is 1910. The molecule has 50 heavy (non-hydrogen) atoms. The number of hydrogen-bond acceptors (Lipinski definition) is 8. The third kappa shape index (κ3) is 9.54. The number of amides is 1. The number of carbonyl (C=O) groups excluding carboxylic acids is 2. The first-order chi connectivity index (χ1) is 23.3. The Kier molecular flexibility index (Phi) is 12.3. The second kappa shape index (κ2) is 15.7. The number of benzene rings is 3. The van der Waals surface area contributed by atoms with Gasteiger partial charge in [0.25, 0.3) is 5.91 Å². The number of hydrogen-bond donors (Lipinski definition) is 0. The van der Waals surface area contributed by atoms with Gasteiger partial charge < -0.3 is 23.4 Å². The Morgan fingerprint density at radius 3 is 1.98 bits per heavy atom. The van der Waals surface area contributed by atoms with Gasteiger partial charge in [0.2, 0.25) is 0 Å². The third-order valence-electron chi connectivity index (χ3n) is 8.99. The Morgan fingerprint density at radius 1 is 0.840 bits per heavy atom. The first-order valence-electron chi connectivity index (χ1n) is 16.2. The number of carbonyl (C=O) groups is 2. The lowest BCUT2D eigenvalue weighted by Crippen LogP contribution is -2.41. The molecule has 9 nitrogen and oxygen atoms in total. The molecule has 2 heterocycles. The van der Waals surface area contributed by atoms with Crippen LogP contribution in [0.1, 0.15) is 71.8 Å². The van der Waals surface area contributed by atoms with Crippen LogP contribution in [0.5, 0.6) is 0 Å². The molecule has 1 fully saturated rings. The van der Waals surface area contributed by atoms with E-state index < -0.39 is 39.9 Å². The van der Waals surface area contributed by atoms with E-state index in [0.29, 0.717) is 24.3 Å². The van der Waals surface area contributed by atoms with Crippen molar-refractivity contribution in [3.8, 4) is 0 Å². The van der Waals surface area contributed by atoms with Crippen molar-refractivity contribution < 1.29 is 36.5 Å². The van der Waals surface area contributed by atoms with Gasteiger partial charge in [0.1, 0.15) is 5.76 Å². The Morgan fingerprint density at radius 2 is 1.44 bits per heavy atom. The van der Waals surface area contributed by atoms with E-state index in [0.717, 1.165) is 22.9 Å². The largest absolute Gasteiger partial charge is 0.494 e. The molecule has 0 atom stereocenters. The van der Waals surface area contributed by atoms with Gasteiger partial charge in [0.05, 0.1) is 23.2 Å². The van der Waals surface area contributed by atoms with Gasteiger partial charge in [0, 0.05) is 17.6 Å². The number of nitrogens with zero attached hydrogens (tertiary/aromatic N) is 1. The topological polar surface area (TPSA) is 112 Å². The highest BCUT2D eigenvalue weighted by Crippen LogP contribution is 2.36. The number of methoxy groups -OCH3 is 1. The number of halogens is 1. The number of sulfone groups is 1. The molecule has 1 amide bonds. The monoisotopic (exact) mass is 765 g/mol. The van der Waals surface area contributed by atoms with Gasteiger partial charge in [-0.25, -0.2) is 8.42 Å². The lowest BCUT2D eigenvalue weighted by atomic mass is 9.79. The van der Waals surface area contributed by atoms with Crippen molar-refractivity contribution in [2.75, 3.05) is 12.9 Å². The average Bonchev–Trinajstić information content (AvgIpc) is 3.57. The summed E-state index contributed by atoms with van der Waals surface area (Å²) in [5.41, 5.74) is 5.48. The van der Waals surface area contributed by atoms with Gasteiger partial charge in [-0.2, -0.15) is 0 Å². The zero-order valence-electron chi connectivity index (χ0n) is 30.1. The molecular weight excluding hydrogens is 721 g/mol. The predicted octanol–water partition coefficient (Wildman–Crippen LogP) is 7.05. The SMILES string of the molecule is COC(=O)CS(=O)(=O)c1cccc(B2OC(C)(C)C(C)(C)O2)c1.Cc1cc(C)c(CN(Cc2ccc(Br)cc2)C(=O)c2ccc(C)o2)c(C)c1. The average molecular weight is 767 g/mol. The van der Waals surface area contributed by atoms with Crippen LogP contribution in [0.3, 0.4) is 0 Å². The molecule has 0 aliphatic carbocycles. The van der Waals surface area contributed by atoms with Gasteiger partial charge in [-0.1, -0.05) is 57.9 Å². The highest BCUT2D eigenvalue weighted by atomic mass is 79.9. The number of aryl methyl sites for hydroxylation is 4. The summed E-state index contributed by atoms with van der Waals surface area (Å²) in [6.07, 6.45) is 0. The van der Waals surface area contributed by atoms with E-state index >= 15 is 0 Å². The number of furan rings is 1. The zero-order chi connectivity index (χ0) is 37.0. The third-order valence-corrected chi connectivity index (χ3v) is 11.1. The molecule has 12 heteroatoms. The molecular formula is C38H45BBrNO8S. The minimum absolute atomic E-state index is 0.0371. The minimum Gasteiger partial charge on any atom is -0.468 e. The fraction of sp³-hybridized carbons (Fsp3) is 0.368. The lowest BCUT2D eigenvalue weighted by Gasteiger charge is -2.32. The van der Waals surface area contributed by atoms with Crippen LogP contribution >= 0.6 is 15.9 Å². The Balaban J connectivity index is 0.000000228. The zero-order valence-corrected chi connectivity index (χ0v) is 32.5. The minimum atomic E-state index is -3.77. The van der Waals surface area contributed by atoms with Gasteiger partial charge in [-0.3, -0.25) is 9.59 Å². The summed E-state index contributed by atoms with van der Waals surface area (Å²) in [7, 11) is -3.27. The molecule has 0 radical (unpaired) electrons. The van der Waals surface area contributed by atoms with Crippen molar-refractivity contribution in [3.63, 3.8) is 0 Å². The molecule has 1 aliphatic heterocycles. The summed E-state index contributed by atoms with van der Waals surface area (Å²) in [6.45, 7) is 16.9. The van der Waals surface area contributed by atoms with Crippen LogP contribution in [0.15, 0.2) is 86.6 Å². The number of ether oxygens (including phenoxy) is 1. The van der Waals surface area contributed by atoms with E-state index in [9.17, 15) is 18.0 Å². The summed E-state index contributed by atoms with van der Waals surface area (Å²) in [5, 5.41) is 0. The van der Waals surface area contributed by atoms with E-state index in [-0.39, 0.29) is 10.8 Å². The lowest BCUT2D eigenvalue weighted by molar-refractivity contribution is -0.137. The van der Waals surface area contributed by atoms with E-state index in [2.05, 4.69) is 53.6 Å². The normalized spacial score (nSPS) is 14.9. The molecule has 1 aromatic heterocycles. The fourth-order valence-electron chi connectivity index (χ4n) is 5.50. The highest BCUT2D eigenvalue weighted by molar-refractivity contribution is 9.10. The van der Waals surface area contributed by atoms with Crippen LogP contribution in [0.25, 0.3) is 0 Å². The fourth-order valence-corrected chi connectivity index (χ4v) is 6.96. The molecule has 0 bridgehead atoms. The van der Waals surface area contributed by atoms with Crippen molar-refractivity contribution in [1.82, 2.24) is 4.90 Å². The molecule has 4 aromatic rings. The first kappa shape index (κ1) is 39.1. The van der Waals surface area contributed by atoms with Crippen molar-refractivity contribution in [2.24, 2.45) is 0 Å². The summed E-state index contributed by atoms with van der Waals surface area (Å²) in [5.74, 6) is -0.468.